The SMILES string of the molecule is CC(C)Cn1c(N2CCN(CCC[C](c3cccc(F)c3)C(C)C)CC2)nc2ccccc21. The second-order valence-electron chi connectivity index (χ2n) is 10.0. The van der Waals surface area contributed by atoms with E-state index in [4.69, 9.17) is 4.98 Å². The lowest BCUT2D eigenvalue weighted by Gasteiger charge is -2.36. The molecule has 0 spiro atoms. The highest BCUT2D eigenvalue weighted by molar-refractivity contribution is 5.78. The molecule has 0 amide bonds. The summed E-state index contributed by atoms with van der Waals surface area (Å²) in [7, 11) is 0. The maximum absolute atomic E-state index is 13.7. The van der Waals surface area contributed by atoms with Crippen molar-refractivity contribution in [3.05, 3.63) is 65.8 Å². The molecule has 4 nitrogen and oxygen atoms in total. The number of nitrogens with zero attached hydrogens (tertiary/aromatic N) is 4. The minimum atomic E-state index is -0.148. The Labute approximate surface area is 198 Å². The summed E-state index contributed by atoms with van der Waals surface area (Å²) in [4.78, 5) is 10.0. The van der Waals surface area contributed by atoms with E-state index in [2.05, 4.69) is 66.3 Å². The van der Waals surface area contributed by atoms with Gasteiger partial charge in [-0.05, 0) is 61.1 Å². The van der Waals surface area contributed by atoms with E-state index in [1.165, 1.54) is 17.5 Å². The molecule has 0 N–H and O–H groups in total. The molecule has 177 valence electrons. The Kier molecular flexibility index (Phi) is 7.69. The third-order valence-corrected chi connectivity index (χ3v) is 6.65. The third-order valence-electron chi connectivity index (χ3n) is 6.65. The van der Waals surface area contributed by atoms with Crippen molar-refractivity contribution in [2.75, 3.05) is 37.6 Å². The van der Waals surface area contributed by atoms with Crippen molar-refractivity contribution in [3.63, 3.8) is 0 Å². The molecule has 0 atom stereocenters. The number of piperazine rings is 1. The van der Waals surface area contributed by atoms with Crippen LogP contribution in [-0.2, 0) is 6.54 Å². The predicted molar refractivity (Wildman–Crippen MR) is 136 cm³/mol. The molecule has 2 aromatic carbocycles. The van der Waals surface area contributed by atoms with Gasteiger partial charge in [0.1, 0.15) is 5.82 Å². The highest BCUT2D eigenvalue weighted by Crippen LogP contribution is 2.29. The fourth-order valence-corrected chi connectivity index (χ4v) is 4.97. The number of rotatable bonds is 9. The first-order valence-electron chi connectivity index (χ1n) is 12.5. The lowest BCUT2D eigenvalue weighted by atomic mass is 9.85. The summed E-state index contributed by atoms with van der Waals surface area (Å²) in [6.07, 6.45) is 2.13. The molecule has 5 heteroatoms. The van der Waals surface area contributed by atoms with E-state index in [0.717, 1.165) is 69.1 Å². The smallest absolute Gasteiger partial charge is 0.206 e. The first-order valence-corrected chi connectivity index (χ1v) is 12.5. The number of halogens is 1. The van der Waals surface area contributed by atoms with E-state index >= 15 is 0 Å². The zero-order chi connectivity index (χ0) is 23.4. The summed E-state index contributed by atoms with van der Waals surface area (Å²) >= 11 is 0. The number of anilines is 1. The first kappa shape index (κ1) is 23.7. The lowest BCUT2D eigenvalue weighted by molar-refractivity contribution is 0.251. The number of para-hydroxylation sites is 2. The maximum atomic E-state index is 13.7. The van der Waals surface area contributed by atoms with Crippen LogP contribution in [0.3, 0.4) is 0 Å². The van der Waals surface area contributed by atoms with Crippen molar-refractivity contribution in [1.29, 1.82) is 0 Å². The quantitative estimate of drug-likeness (QED) is 0.400. The van der Waals surface area contributed by atoms with Crippen LogP contribution in [0, 0.1) is 23.6 Å². The summed E-state index contributed by atoms with van der Waals surface area (Å²) in [6.45, 7) is 15.2. The summed E-state index contributed by atoms with van der Waals surface area (Å²) in [5, 5.41) is 0. The second-order valence-corrected chi connectivity index (χ2v) is 10.0. The molecule has 3 aromatic rings. The molecule has 1 radical (unpaired) electrons. The maximum Gasteiger partial charge on any atom is 0.206 e. The minimum Gasteiger partial charge on any atom is -0.340 e. The van der Waals surface area contributed by atoms with Crippen molar-refractivity contribution in [2.24, 2.45) is 11.8 Å². The Morgan fingerprint density at radius 3 is 2.42 bits per heavy atom. The second kappa shape index (κ2) is 10.7. The summed E-state index contributed by atoms with van der Waals surface area (Å²) in [5.74, 6) is 3.33. The van der Waals surface area contributed by atoms with Crippen molar-refractivity contribution in [3.8, 4) is 0 Å². The monoisotopic (exact) mass is 449 g/mol. The van der Waals surface area contributed by atoms with Gasteiger partial charge in [0.15, 0.2) is 0 Å². The standard InChI is InChI=1S/C28H38FN4/c1-21(2)20-33-27-13-6-5-12-26(27)30-28(33)32-17-15-31(16-18-32)14-8-11-25(22(3)4)23-9-7-10-24(29)19-23/h5-7,9-10,12-13,19,21-22H,8,11,14-18,20H2,1-4H3. The van der Waals surface area contributed by atoms with Crippen LogP contribution in [0.5, 0.6) is 0 Å². The molecule has 1 aliphatic heterocycles. The highest BCUT2D eigenvalue weighted by Gasteiger charge is 2.23. The fraction of sp³-hybridized carbons (Fsp3) is 0.500. The number of hydrogen-bond acceptors (Lipinski definition) is 3. The lowest BCUT2D eigenvalue weighted by Crippen LogP contribution is -2.47. The van der Waals surface area contributed by atoms with Gasteiger partial charge in [0.2, 0.25) is 5.95 Å². The van der Waals surface area contributed by atoms with Crippen molar-refractivity contribution >= 4 is 17.0 Å². The zero-order valence-corrected chi connectivity index (χ0v) is 20.6. The average molecular weight is 450 g/mol. The summed E-state index contributed by atoms with van der Waals surface area (Å²) < 4.78 is 16.1. The molecule has 0 aliphatic carbocycles. The highest BCUT2D eigenvalue weighted by atomic mass is 19.1. The third kappa shape index (κ3) is 5.75. The first-order chi connectivity index (χ1) is 15.9. The normalized spacial score (nSPS) is 15.5. The Bertz CT molecular complexity index is 1030. The van der Waals surface area contributed by atoms with Crippen molar-refractivity contribution in [1.82, 2.24) is 14.5 Å². The molecule has 0 unspecified atom stereocenters. The molecular formula is C28H38FN4. The van der Waals surface area contributed by atoms with Gasteiger partial charge in [0.25, 0.3) is 0 Å². The van der Waals surface area contributed by atoms with Crippen LogP contribution in [0.25, 0.3) is 11.0 Å². The van der Waals surface area contributed by atoms with Gasteiger partial charge in [-0.3, -0.25) is 4.90 Å². The average Bonchev–Trinajstić information content (AvgIpc) is 3.15. The van der Waals surface area contributed by atoms with E-state index in [0.29, 0.717) is 11.8 Å². The van der Waals surface area contributed by atoms with Crippen LogP contribution in [0.2, 0.25) is 0 Å². The van der Waals surface area contributed by atoms with Gasteiger partial charge in [-0.2, -0.15) is 0 Å². The van der Waals surface area contributed by atoms with Gasteiger partial charge >= 0.3 is 0 Å². The summed E-state index contributed by atoms with van der Waals surface area (Å²) in [5.41, 5.74) is 3.38. The van der Waals surface area contributed by atoms with E-state index < -0.39 is 0 Å². The van der Waals surface area contributed by atoms with Gasteiger partial charge in [-0.15, -0.1) is 0 Å². The van der Waals surface area contributed by atoms with Gasteiger partial charge < -0.3 is 9.47 Å². The molecule has 0 bridgehead atoms. The van der Waals surface area contributed by atoms with Gasteiger partial charge in [-0.1, -0.05) is 52.0 Å². The van der Waals surface area contributed by atoms with Crippen LogP contribution < -0.4 is 4.90 Å². The molecule has 1 aromatic heterocycles. The topological polar surface area (TPSA) is 24.3 Å². The molecular weight excluding hydrogens is 411 g/mol. The van der Waals surface area contributed by atoms with E-state index in [1.807, 2.05) is 12.1 Å². The molecule has 2 heterocycles. The molecule has 1 fully saturated rings. The number of aromatic nitrogens is 2. The van der Waals surface area contributed by atoms with Gasteiger partial charge in [0.05, 0.1) is 11.0 Å². The Balaban J connectivity index is 1.34. The number of imidazole rings is 1. The van der Waals surface area contributed by atoms with Crippen LogP contribution in [0.1, 0.15) is 46.1 Å². The predicted octanol–water partition coefficient (Wildman–Crippen LogP) is 6.01. The van der Waals surface area contributed by atoms with E-state index in [1.54, 1.807) is 6.07 Å². The fourth-order valence-electron chi connectivity index (χ4n) is 4.97. The Morgan fingerprint density at radius 1 is 0.970 bits per heavy atom. The molecule has 0 saturated carbocycles. The van der Waals surface area contributed by atoms with Crippen LogP contribution >= 0.6 is 0 Å². The van der Waals surface area contributed by atoms with Crippen LogP contribution in [-0.4, -0.2) is 47.2 Å². The number of fused-ring (bicyclic) bond motifs is 1. The summed E-state index contributed by atoms with van der Waals surface area (Å²) in [6, 6.07) is 15.5. The Hall–Kier alpha value is -2.40. The molecule has 1 aliphatic rings. The van der Waals surface area contributed by atoms with Crippen LogP contribution in [0.4, 0.5) is 10.3 Å². The van der Waals surface area contributed by atoms with Gasteiger partial charge in [0, 0.05) is 38.6 Å². The molecule has 33 heavy (non-hydrogen) atoms. The number of hydrogen-bond donors (Lipinski definition) is 0. The van der Waals surface area contributed by atoms with Crippen LogP contribution in [0.15, 0.2) is 48.5 Å². The minimum absolute atomic E-state index is 0.148. The Morgan fingerprint density at radius 2 is 1.73 bits per heavy atom. The number of benzene rings is 2. The van der Waals surface area contributed by atoms with Crippen molar-refractivity contribution < 1.29 is 4.39 Å². The zero-order valence-electron chi connectivity index (χ0n) is 20.6. The molecule has 4 rings (SSSR count). The largest absolute Gasteiger partial charge is 0.340 e. The van der Waals surface area contributed by atoms with Crippen molar-refractivity contribution in [2.45, 2.75) is 47.1 Å². The molecule has 1 saturated heterocycles. The van der Waals surface area contributed by atoms with E-state index in [9.17, 15) is 4.39 Å². The van der Waals surface area contributed by atoms with Gasteiger partial charge in [-0.25, -0.2) is 9.37 Å². The van der Waals surface area contributed by atoms with E-state index in [-0.39, 0.29) is 5.82 Å².